The lowest BCUT2D eigenvalue weighted by molar-refractivity contribution is 0.127. The smallest absolute Gasteiger partial charge is 0.207 e. The normalized spacial score (nSPS) is 34.3. The third-order valence-electron chi connectivity index (χ3n) is 5.67. The highest BCUT2D eigenvalue weighted by Crippen LogP contribution is 2.62. The number of sulfonamides is 1. The molecule has 116 valence electrons. The first-order valence-corrected chi connectivity index (χ1v) is 8.91. The number of nitrogens with one attached hydrogen (secondary N) is 1. The second kappa shape index (κ2) is 4.53. The van der Waals surface area contributed by atoms with E-state index in [9.17, 15) is 12.8 Å². The van der Waals surface area contributed by atoms with E-state index in [4.69, 9.17) is 0 Å². The Kier molecular flexibility index (Phi) is 3.23. The number of benzene rings is 1. The fraction of sp³-hybridized carbons (Fsp3) is 0.625. The summed E-state index contributed by atoms with van der Waals surface area (Å²) < 4.78 is 41.0. The third-order valence-corrected chi connectivity index (χ3v) is 7.11. The maximum Gasteiger partial charge on any atom is 0.240 e. The predicted molar refractivity (Wildman–Crippen MR) is 79.7 cm³/mol. The highest BCUT2D eigenvalue weighted by atomic mass is 32.2. The molecule has 3 atom stereocenters. The van der Waals surface area contributed by atoms with Crippen LogP contribution in [-0.2, 0) is 10.0 Å². The van der Waals surface area contributed by atoms with E-state index in [-0.39, 0.29) is 21.8 Å². The van der Waals surface area contributed by atoms with Crippen LogP contribution in [0.15, 0.2) is 29.2 Å². The van der Waals surface area contributed by atoms with Gasteiger partial charge in [-0.25, -0.2) is 17.5 Å². The summed E-state index contributed by atoms with van der Waals surface area (Å²) >= 11 is 0. The maximum atomic E-state index is 13.0. The first-order chi connectivity index (χ1) is 9.65. The summed E-state index contributed by atoms with van der Waals surface area (Å²) in [4.78, 5) is 0.131. The summed E-state index contributed by atoms with van der Waals surface area (Å²) in [5.41, 5.74) is -0.0125. The summed E-state index contributed by atoms with van der Waals surface area (Å²) in [6.07, 6.45) is 3.33. The van der Waals surface area contributed by atoms with Crippen LogP contribution in [-0.4, -0.2) is 14.5 Å². The first kappa shape index (κ1) is 15.0. The van der Waals surface area contributed by atoms with Gasteiger partial charge < -0.3 is 0 Å². The van der Waals surface area contributed by atoms with Gasteiger partial charge in [-0.2, -0.15) is 0 Å². The standard InChI is InChI=1S/C16H22FNO2S/c1-15(2)11-8-9-16(3,10-11)14(15)18-21(19,20)13-6-4-12(17)5-7-13/h4-7,11,14,18H,8-10H2,1-3H3/t11-,14-,16-/m1/s1. The lowest BCUT2D eigenvalue weighted by Gasteiger charge is -2.42. The van der Waals surface area contributed by atoms with Crippen molar-refractivity contribution in [1.29, 1.82) is 0 Å². The molecule has 0 unspecified atom stereocenters. The molecule has 2 aliphatic rings. The van der Waals surface area contributed by atoms with E-state index in [1.165, 1.54) is 30.7 Å². The van der Waals surface area contributed by atoms with E-state index in [0.29, 0.717) is 5.92 Å². The molecule has 0 radical (unpaired) electrons. The molecule has 3 nitrogen and oxygen atoms in total. The van der Waals surface area contributed by atoms with E-state index >= 15 is 0 Å². The second-order valence-electron chi connectivity index (χ2n) is 7.42. The molecule has 1 aromatic rings. The van der Waals surface area contributed by atoms with E-state index in [1.807, 2.05) is 0 Å². The summed E-state index contributed by atoms with van der Waals surface area (Å²) in [5, 5.41) is 0. The molecule has 3 rings (SSSR count). The Hall–Kier alpha value is -0.940. The minimum atomic E-state index is -3.61. The van der Waals surface area contributed by atoms with Crippen molar-refractivity contribution in [3.05, 3.63) is 30.1 Å². The van der Waals surface area contributed by atoms with E-state index in [2.05, 4.69) is 25.5 Å². The maximum absolute atomic E-state index is 13.0. The summed E-state index contributed by atoms with van der Waals surface area (Å²) in [6.45, 7) is 6.49. The first-order valence-electron chi connectivity index (χ1n) is 7.43. The van der Waals surface area contributed by atoms with Crippen LogP contribution >= 0.6 is 0 Å². The molecule has 0 amide bonds. The van der Waals surface area contributed by atoms with Crippen LogP contribution in [0.4, 0.5) is 4.39 Å². The Morgan fingerprint density at radius 1 is 1.19 bits per heavy atom. The van der Waals surface area contributed by atoms with Crippen LogP contribution in [0.1, 0.15) is 40.0 Å². The van der Waals surface area contributed by atoms with Gasteiger partial charge in [-0.15, -0.1) is 0 Å². The molecule has 0 aromatic heterocycles. The quantitative estimate of drug-likeness (QED) is 0.931. The van der Waals surface area contributed by atoms with Crippen molar-refractivity contribution in [2.75, 3.05) is 0 Å². The Morgan fingerprint density at radius 2 is 1.81 bits per heavy atom. The van der Waals surface area contributed by atoms with Gasteiger partial charge in [0, 0.05) is 6.04 Å². The van der Waals surface area contributed by atoms with Crippen LogP contribution in [0.5, 0.6) is 0 Å². The average molecular weight is 311 g/mol. The van der Waals surface area contributed by atoms with Crippen molar-refractivity contribution in [2.45, 2.75) is 51.0 Å². The average Bonchev–Trinajstić information content (AvgIpc) is 2.87. The highest BCUT2D eigenvalue weighted by molar-refractivity contribution is 7.89. The van der Waals surface area contributed by atoms with Gasteiger partial charge in [0.05, 0.1) is 4.90 Å². The molecule has 21 heavy (non-hydrogen) atoms. The minimum absolute atomic E-state index is 0.0290. The predicted octanol–water partition coefficient (Wildman–Crippen LogP) is 3.32. The third kappa shape index (κ3) is 2.30. The summed E-state index contributed by atoms with van der Waals surface area (Å²) in [7, 11) is -3.61. The molecule has 2 aliphatic carbocycles. The second-order valence-corrected chi connectivity index (χ2v) is 9.14. The van der Waals surface area contributed by atoms with Crippen molar-refractivity contribution in [1.82, 2.24) is 4.72 Å². The zero-order valence-corrected chi connectivity index (χ0v) is 13.5. The molecular formula is C16H22FNO2S. The lowest BCUT2D eigenvalue weighted by Crippen LogP contribution is -2.52. The van der Waals surface area contributed by atoms with Crippen LogP contribution in [0.3, 0.4) is 0 Å². The molecule has 5 heteroatoms. The van der Waals surface area contributed by atoms with Crippen molar-refractivity contribution < 1.29 is 12.8 Å². The molecule has 0 heterocycles. The lowest BCUT2D eigenvalue weighted by atomic mass is 9.69. The van der Waals surface area contributed by atoms with E-state index < -0.39 is 15.8 Å². The monoisotopic (exact) mass is 311 g/mol. The number of halogens is 1. The van der Waals surface area contributed by atoms with E-state index in [0.717, 1.165) is 12.8 Å². The minimum Gasteiger partial charge on any atom is -0.207 e. The Morgan fingerprint density at radius 3 is 2.33 bits per heavy atom. The molecule has 1 N–H and O–H groups in total. The molecule has 0 aliphatic heterocycles. The Balaban J connectivity index is 1.91. The van der Waals surface area contributed by atoms with Crippen molar-refractivity contribution in [3.63, 3.8) is 0 Å². The molecule has 2 bridgehead atoms. The van der Waals surface area contributed by atoms with Gasteiger partial charge >= 0.3 is 0 Å². The zero-order chi connectivity index (χ0) is 15.5. The Bertz CT molecular complexity index is 649. The summed E-state index contributed by atoms with van der Waals surface area (Å²) in [6, 6.07) is 4.93. The number of hydrogen-bond donors (Lipinski definition) is 1. The number of fused-ring (bicyclic) bond motifs is 2. The zero-order valence-electron chi connectivity index (χ0n) is 12.7. The Labute approximate surface area is 126 Å². The summed E-state index contributed by atoms with van der Waals surface area (Å²) in [5.74, 6) is 0.143. The van der Waals surface area contributed by atoms with Gasteiger partial charge in [-0.3, -0.25) is 0 Å². The van der Waals surface area contributed by atoms with Gasteiger partial charge in [0.2, 0.25) is 10.0 Å². The van der Waals surface area contributed by atoms with Crippen LogP contribution in [0, 0.1) is 22.6 Å². The topological polar surface area (TPSA) is 46.2 Å². The van der Waals surface area contributed by atoms with Crippen molar-refractivity contribution >= 4 is 10.0 Å². The van der Waals surface area contributed by atoms with Gasteiger partial charge in [0.1, 0.15) is 5.82 Å². The van der Waals surface area contributed by atoms with Gasteiger partial charge in [0.25, 0.3) is 0 Å². The fourth-order valence-electron chi connectivity index (χ4n) is 4.43. The van der Waals surface area contributed by atoms with Gasteiger partial charge in [-0.1, -0.05) is 20.8 Å². The number of hydrogen-bond acceptors (Lipinski definition) is 2. The van der Waals surface area contributed by atoms with E-state index in [1.54, 1.807) is 0 Å². The van der Waals surface area contributed by atoms with Crippen LogP contribution < -0.4 is 4.72 Å². The molecule has 2 fully saturated rings. The molecule has 1 aromatic carbocycles. The molecule has 2 saturated carbocycles. The van der Waals surface area contributed by atoms with Gasteiger partial charge in [-0.05, 0) is 60.3 Å². The van der Waals surface area contributed by atoms with Crippen LogP contribution in [0.2, 0.25) is 0 Å². The van der Waals surface area contributed by atoms with Crippen molar-refractivity contribution in [2.24, 2.45) is 16.7 Å². The number of rotatable bonds is 3. The van der Waals surface area contributed by atoms with Gasteiger partial charge in [0.15, 0.2) is 0 Å². The highest BCUT2D eigenvalue weighted by Gasteiger charge is 2.60. The van der Waals surface area contributed by atoms with Crippen molar-refractivity contribution in [3.8, 4) is 0 Å². The fourth-order valence-corrected chi connectivity index (χ4v) is 5.96. The SMILES string of the molecule is CC1(C)[C@@H]2CC[C@](C)(C2)[C@@H]1NS(=O)(=O)c1ccc(F)cc1. The van der Waals surface area contributed by atoms with Crippen LogP contribution in [0.25, 0.3) is 0 Å². The molecular weight excluding hydrogens is 289 g/mol. The largest absolute Gasteiger partial charge is 0.240 e. The molecule has 0 spiro atoms. The molecule has 0 saturated heterocycles.